The number of barbiturate groups is 1. The van der Waals surface area contributed by atoms with Crippen LogP contribution < -0.4 is 24.4 Å². The van der Waals surface area contributed by atoms with Crippen LogP contribution in [0, 0.1) is 10.1 Å². The van der Waals surface area contributed by atoms with E-state index in [-0.39, 0.29) is 30.3 Å². The van der Waals surface area contributed by atoms with E-state index >= 15 is 0 Å². The van der Waals surface area contributed by atoms with E-state index in [0.717, 1.165) is 10.5 Å². The number of nitro groups is 1. The highest BCUT2D eigenvalue weighted by molar-refractivity contribution is 6.39. The van der Waals surface area contributed by atoms with E-state index in [1.807, 2.05) is 0 Å². The summed E-state index contributed by atoms with van der Waals surface area (Å²) in [5, 5.41) is 12.9. The molecule has 3 aromatic rings. The van der Waals surface area contributed by atoms with Crippen LogP contribution in [0.1, 0.15) is 11.1 Å². The molecule has 180 valence electrons. The van der Waals surface area contributed by atoms with E-state index in [4.69, 9.17) is 14.2 Å². The maximum atomic E-state index is 13.1. The lowest BCUT2D eigenvalue weighted by Gasteiger charge is -2.26. The zero-order valence-corrected chi connectivity index (χ0v) is 18.5. The van der Waals surface area contributed by atoms with Crippen LogP contribution in [0.4, 0.5) is 16.2 Å². The van der Waals surface area contributed by atoms with Crippen molar-refractivity contribution in [2.75, 3.05) is 11.7 Å². The summed E-state index contributed by atoms with van der Waals surface area (Å²) in [5.74, 6) is -0.181. The van der Waals surface area contributed by atoms with Crippen LogP contribution in [-0.4, -0.2) is 29.6 Å². The van der Waals surface area contributed by atoms with E-state index in [1.165, 1.54) is 30.3 Å². The lowest BCUT2D eigenvalue weighted by atomic mass is 10.1. The molecule has 0 aromatic heterocycles. The molecular weight excluding hydrogens is 470 g/mol. The standard InChI is InChI=1S/C25H17N3O8/c29-23-20(24(30)27(25(31)26-23)18-7-10-21-22(12-18)36-14-35-21)11-15-3-8-19(9-4-15)34-13-16-1-5-17(6-2-16)28(32)33/h1-12H,13-14H2,(H,26,29,31)/b20-11+. The van der Waals surface area contributed by atoms with Crippen molar-refractivity contribution in [3.8, 4) is 17.2 Å². The summed E-state index contributed by atoms with van der Waals surface area (Å²) in [6, 6.07) is 16.4. The van der Waals surface area contributed by atoms with Gasteiger partial charge in [0.15, 0.2) is 11.5 Å². The quantitative estimate of drug-likeness (QED) is 0.241. The average molecular weight is 487 g/mol. The number of hydrogen-bond donors (Lipinski definition) is 1. The number of non-ortho nitro benzene ring substituents is 1. The summed E-state index contributed by atoms with van der Waals surface area (Å²) in [5.41, 5.74) is 1.30. The van der Waals surface area contributed by atoms with Crippen LogP contribution >= 0.6 is 0 Å². The maximum Gasteiger partial charge on any atom is 0.335 e. The zero-order chi connectivity index (χ0) is 25.2. The Hall–Kier alpha value is -5.19. The van der Waals surface area contributed by atoms with E-state index in [9.17, 15) is 24.5 Å². The fourth-order valence-electron chi connectivity index (χ4n) is 3.62. The Morgan fingerprint density at radius 3 is 2.42 bits per heavy atom. The highest BCUT2D eigenvalue weighted by Gasteiger charge is 2.37. The number of amides is 4. The van der Waals surface area contributed by atoms with Gasteiger partial charge in [0.2, 0.25) is 6.79 Å². The Bertz CT molecular complexity index is 1410. The number of fused-ring (bicyclic) bond motifs is 1. The molecule has 5 rings (SSSR count). The number of carbonyl (C=O) groups is 3. The number of anilines is 1. The SMILES string of the molecule is O=C1NC(=O)N(c2ccc3c(c2)OCO3)C(=O)/C1=C/c1ccc(OCc2ccc([N+](=O)[O-])cc2)cc1. The molecule has 4 amide bonds. The van der Waals surface area contributed by atoms with Gasteiger partial charge in [0.05, 0.1) is 10.6 Å². The van der Waals surface area contributed by atoms with Gasteiger partial charge >= 0.3 is 6.03 Å². The fourth-order valence-corrected chi connectivity index (χ4v) is 3.62. The third kappa shape index (κ3) is 4.44. The first-order valence-electron chi connectivity index (χ1n) is 10.7. The van der Waals surface area contributed by atoms with Crippen molar-refractivity contribution < 1.29 is 33.5 Å². The van der Waals surface area contributed by atoms with Gasteiger partial charge in [0.1, 0.15) is 17.9 Å². The van der Waals surface area contributed by atoms with Crippen molar-refractivity contribution in [1.29, 1.82) is 0 Å². The van der Waals surface area contributed by atoms with Crippen molar-refractivity contribution in [3.05, 3.63) is 93.5 Å². The molecule has 0 bridgehead atoms. The van der Waals surface area contributed by atoms with Crippen LogP contribution in [0.15, 0.2) is 72.3 Å². The molecule has 11 nitrogen and oxygen atoms in total. The summed E-state index contributed by atoms with van der Waals surface area (Å²) >= 11 is 0. The van der Waals surface area contributed by atoms with Crippen LogP contribution in [-0.2, 0) is 16.2 Å². The number of urea groups is 1. The molecule has 0 radical (unpaired) electrons. The largest absolute Gasteiger partial charge is 0.489 e. The minimum Gasteiger partial charge on any atom is -0.489 e. The number of imide groups is 2. The molecule has 2 aliphatic rings. The highest BCUT2D eigenvalue weighted by Crippen LogP contribution is 2.36. The van der Waals surface area contributed by atoms with Crippen molar-refractivity contribution in [2.24, 2.45) is 0 Å². The van der Waals surface area contributed by atoms with E-state index < -0.39 is 22.8 Å². The van der Waals surface area contributed by atoms with Crippen LogP contribution in [0.3, 0.4) is 0 Å². The predicted octanol–water partition coefficient (Wildman–Crippen LogP) is 3.57. The van der Waals surface area contributed by atoms with Crippen LogP contribution in [0.5, 0.6) is 17.2 Å². The summed E-state index contributed by atoms with van der Waals surface area (Å²) in [4.78, 5) is 49.1. The van der Waals surface area contributed by atoms with Crippen molar-refractivity contribution in [1.82, 2.24) is 5.32 Å². The molecule has 1 fully saturated rings. The average Bonchev–Trinajstić information content (AvgIpc) is 3.34. The Balaban J connectivity index is 1.30. The summed E-state index contributed by atoms with van der Waals surface area (Å²) in [6.45, 7) is 0.238. The number of rotatable bonds is 6. The van der Waals surface area contributed by atoms with E-state index in [0.29, 0.717) is 22.8 Å². The molecule has 1 N–H and O–H groups in total. The molecule has 2 aliphatic heterocycles. The zero-order valence-electron chi connectivity index (χ0n) is 18.5. The molecule has 0 aliphatic carbocycles. The Kier molecular flexibility index (Phi) is 5.79. The Morgan fingerprint density at radius 1 is 0.972 bits per heavy atom. The molecule has 36 heavy (non-hydrogen) atoms. The Labute approximate surface area is 203 Å². The van der Waals surface area contributed by atoms with Gasteiger partial charge in [-0.15, -0.1) is 0 Å². The molecule has 0 saturated carbocycles. The summed E-state index contributed by atoms with van der Waals surface area (Å²) in [7, 11) is 0. The number of nitrogens with one attached hydrogen (secondary N) is 1. The van der Waals surface area contributed by atoms with Gasteiger partial charge in [-0.05, 0) is 53.6 Å². The number of hydrogen-bond acceptors (Lipinski definition) is 8. The van der Waals surface area contributed by atoms with Crippen molar-refractivity contribution >= 4 is 35.3 Å². The van der Waals surface area contributed by atoms with Gasteiger partial charge in [-0.25, -0.2) is 9.69 Å². The minimum absolute atomic E-state index is 0.00349. The molecule has 3 aromatic carbocycles. The number of nitrogens with zero attached hydrogens (tertiary/aromatic N) is 2. The number of ether oxygens (including phenoxy) is 3. The first-order chi connectivity index (χ1) is 17.4. The third-order valence-corrected chi connectivity index (χ3v) is 5.46. The molecule has 11 heteroatoms. The minimum atomic E-state index is -0.865. The normalized spacial score (nSPS) is 15.7. The van der Waals surface area contributed by atoms with Gasteiger partial charge in [-0.1, -0.05) is 12.1 Å². The second-order valence-corrected chi connectivity index (χ2v) is 7.78. The van der Waals surface area contributed by atoms with Gasteiger partial charge in [-0.3, -0.25) is 25.0 Å². The highest BCUT2D eigenvalue weighted by atomic mass is 16.7. The lowest BCUT2D eigenvalue weighted by molar-refractivity contribution is -0.384. The van der Waals surface area contributed by atoms with E-state index in [2.05, 4.69) is 5.32 Å². The maximum absolute atomic E-state index is 13.1. The van der Waals surface area contributed by atoms with Gasteiger partial charge < -0.3 is 14.2 Å². The van der Waals surface area contributed by atoms with Crippen molar-refractivity contribution in [3.63, 3.8) is 0 Å². The number of benzene rings is 3. The summed E-state index contributed by atoms with van der Waals surface area (Å²) < 4.78 is 16.2. The molecule has 0 unspecified atom stereocenters. The summed E-state index contributed by atoms with van der Waals surface area (Å²) in [6.07, 6.45) is 1.38. The second kappa shape index (κ2) is 9.22. The Morgan fingerprint density at radius 2 is 1.69 bits per heavy atom. The topological polar surface area (TPSA) is 137 Å². The van der Waals surface area contributed by atoms with Crippen LogP contribution in [0.25, 0.3) is 6.08 Å². The number of carbonyl (C=O) groups excluding carboxylic acids is 3. The first-order valence-corrected chi connectivity index (χ1v) is 10.7. The van der Waals surface area contributed by atoms with Gasteiger partial charge in [0, 0.05) is 18.2 Å². The lowest BCUT2D eigenvalue weighted by Crippen LogP contribution is -2.54. The number of nitro benzene ring substituents is 1. The van der Waals surface area contributed by atoms with Gasteiger partial charge in [0.25, 0.3) is 17.5 Å². The molecule has 0 spiro atoms. The fraction of sp³-hybridized carbons (Fsp3) is 0.0800. The predicted molar refractivity (Wildman–Crippen MR) is 125 cm³/mol. The molecule has 1 saturated heterocycles. The van der Waals surface area contributed by atoms with E-state index in [1.54, 1.807) is 42.5 Å². The monoisotopic (exact) mass is 487 g/mol. The van der Waals surface area contributed by atoms with Gasteiger partial charge in [-0.2, -0.15) is 0 Å². The molecule has 0 atom stereocenters. The third-order valence-electron chi connectivity index (χ3n) is 5.46. The molecular formula is C25H17N3O8. The molecule has 2 heterocycles. The van der Waals surface area contributed by atoms with Crippen molar-refractivity contribution in [2.45, 2.75) is 6.61 Å². The second-order valence-electron chi connectivity index (χ2n) is 7.78. The first kappa shape index (κ1) is 22.6. The smallest absolute Gasteiger partial charge is 0.335 e. The van der Waals surface area contributed by atoms with Crippen LogP contribution in [0.2, 0.25) is 0 Å².